The van der Waals surface area contributed by atoms with Gasteiger partial charge in [-0.15, -0.1) is 0 Å². The first-order valence-corrected chi connectivity index (χ1v) is 12.3. The van der Waals surface area contributed by atoms with Crippen molar-refractivity contribution in [3.05, 3.63) is 69.9 Å². The number of fused-ring (bicyclic) bond motifs is 3. The van der Waals surface area contributed by atoms with Crippen LogP contribution in [-0.2, 0) is 29.1 Å². The smallest absolute Gasteiger partial charge is 0.317 e. The molecule has 3 aromatic rings. The molecule has 10 heteroatoms. The minimum absolute atomic E-state index is 0.0140. The number of piperazine rings is 1. The SMILES string of the molecule is O=C(O)CN1CCN(CC(=O)N2CCc3c(n(Cc4ccc(F)c(Cl)c4F)c4ccccc34)C2)CC1. The molecule has 0 radical (unpaired) electrons. The summed E-state index contributed by atoms with van der Waals surface area (Å²) in [5.41, 5.74) is 3.31. The van der Waals surface area contributed by atoms with Gasteiger partial charge in [0.05, 0.1) is 26.2 Å². The zero-order chi connectivity index (χ0) is 25.4. The van der Waals surface area contributed by atoms with Crippen molar-refractivity contribution in [3.63, 3.8) is 0 Å². The molecular formula is C26H27ClF2N4O3. The molecule has 36 heavy (non-hydrogen) atoms. The number of hydrogen-bond donors (Lipinski definition) is 1. The second-order valence-electron chi connectivity index (χ2n) is 9.37. The fourth-order valence-corrected chi connectivity index (χ4v) is 5.42. The van der Waals surface area contributed by atoms with Crippen molar-refractivity contribution in [1.82, 2.24) is 19.3 Å². The van der Waals surface area contributed by atoms with Crippen LogP contribution in [0, 0.1) is 11.6 Å². The van der Waals surface area contributed by atoms with Crippen molar-refractivity contribution in [2.45, 2.75) is 19.5 Å². The van der Waals surface area contributed by atoms with Gasteiger partial charge in [-0.05, 0) is 24.1 Å². The number of carboxylic acids is 1. The van der Waals surface area contributed by atoms with Gasteiger partial charge in [0.1, 0.15) is 16.7 Å². The van der Waals surface area contributed by atoms with Crippen LogP contribution in [0.15, 0.2) is 36.4 Å². The molecule has 2 aliphatic heterocycles. The van der Waals surface area contributed by atoms with Crippen molar-refractivity contribution in [1.29, 1.82) is 0 Å². The van der Waals surface area contributed by atoms with Gasteiger partial charge in [0.15, 0.2) is 0 Å². The number of carboxylic acid groups (broad SMARTS) is 1. The first-order valence-electron chi connectivity index (χ1n) is 12.0. The molecule has 2 aromatic carbocycles. The Morgan fingerprint density at radius 2 is 1.64 bits per heavy atom. The van der Waals surface area contributed by atoms with Gasteiger partial charge in [-0.25, -0.2) is 8.78 Å². The van der Waals surface area contributed by atoms with Crippen LogP contribution in [-0.4, -0.2) is 82.1 Å². The highest BCUT2D eigenvalue weighted by molar-refractivity contribution is 6.30. The van der Waals surface area contributed by atoms with Crippen LogP contribution in [0.2, 0.25) is 5.02 Å². The third-order valence-corrected chi connectivity index (χ3v) is 7.49. The highest BCUT2D eigenvalue weighted by Crippen LogP contribution is 2.33. The normalized spacial score (nSPS) is 16.9. The van der Waals surface area contributed by atoms with Crippen LogP contribution in [0.5, 0.6) is 0 Å². The van der Waals surface area contributed by atoms with Gasteiger partial charge in [0, 0.05) is 54.9 Å². The van der Waals surface area contributed by atoms with Crippen molar-refractivity contribution in [3.8, 4) is 0 Å². The van der Waals surface area contributed by atoms with Crippen LogP contribution < -0.4 is 0 Å². The minimum atomic E-state index is -0.846. The summed E-state index contributed by atoms with van der Waals surface area (Å²) in [5.74, 6) is -2.39. The Kier molecular flexibility index (Phi) is 6.96. The van der Waals surface area contributed by atoms with Crippen molar-refractivity contribution >= 4 is 34.4 Å². The third-order valence-electron chi connectivity index (χ3n) is 7.15. The molecule has 3 heterocycles. The maximum atomic E-state index is 14.8. The molecule has 1 N–H and O–H groups in total. The van der Waals surface area contributed by atoms with Crippen LogP contribution in [0.1, 0.15) is 16.8 Å². The van der Waals surface area contributed by atoms with E-state index in [0.717, 1.165) is 22.2 Å². The maximum absolute atomic E-state index is 14.8. The predicted molar refractivity (Wildman–Crippen MR) is 132 cm³/mol. The number of carbonyl (C=O) groups is 2. The van der Waals surface area contributed by atoms with E-state index in [2.05, 4.69) is 4.90 Å². The zero-order valence-electron chi connectivity index (χ0n) is 19.7. The lowest BCUT2D eigenvalue weighted by atomic mass is 10.0. The second-order valence-corrected chi connectivity index (χ2v) is 9.75. The minimum Gasteiger partial charge on any atom is -0.480 e. The lowest BCUT2D eigenvalue weighted by Crippen LogP contribution is -2.51. The number of benzene rings is 2. The molecule has 2 aliphatic rings. The monoisotopic (exact) mass is 516 g/mol. The number of aromatic nitrogens is 1. The maximum Gasteiger partial charge on any atom is 0.317 e. The molecule has 1 amide bonds. The Hall–Kier alpha value is -3.01. The van der Waals surface area contributed by atoms with E-state index in [0.29, 0.717) is 45.7 Å². The number of halogens is 3. The molecule has 5 rings (SSSR count). The molecule has 0 atom stereocenters. The highest BCUT2D eigenvalue weighted by Gasteiger charge is 2.29. The van der Waals surface area contributed by atoms with Gasteiger partial charge >= 0.3 is 5.97 Å². The largest absolute Gasteiger partial charge is 0.480 e. The van der Waals surface area contributed by atoms with E-state index in [-0.39, 0.29) is 31.1 Å². The number of hydrogen-bond acceptors (Lipinski definition) is 4. The molecule has 0 aliphatic carbocycles. The molecule has 190 valence electrons. The number of carbonyl (C=O) groups excluding carboxylic acids is 1. The van der Waals surface area contributed by atoms with Gasteiger partial charge in [0.2, 0.25) is 5.91 Å². The van der Waals surface area contributed by atoms with Gasteiger partial charge in [-0.3, -0.25) is 19.4 Å². The molecule has 1 aromatic heterocycles. The average molecular weight is 517 g/mol. The fourth-order valence-electron chi connectivity index (χ4n) is 5.23. The van der Waals surface area contributed by atoms with Crippen molar-refractivity contribution in [2.75, 3.05) is 45.8 Å². The molecule has 0 bridgehead atoms. The summed E-state index contributed by atoms with van der Waals surface area (Å²) in [6.45, 7) is 3.97. The molecule has 0 saturated carbocycles. The summed E-state index contributed by atoms with van der Waals surface area (Å²) in [6, 6.07) is 10.5. The average Bonchev–Trinajstić information content (AvgIpc) is 3.18. The number of amides is 1. The van der Waals surface area contributed by atoms with E-state index in [1.54, 1.807) is 0 Å². The lowest BCUT2D eigenvalue weighted by Gasteiger charge is -2.35. The topological polar surface area (TPSA) is 69.0 Å². The molecule has 1 saturated heterocycles. The molecule has 7 nitrogen and oxygen atoms in total. The van der Waals surface area contributed by atoms with E-state index in [4.69, 9.17) is 16.7 Å². The van der Waals surface area contributed by atoms with E-state index in [1.165, 1.54) is 12.1 Å². The van der Waals surface area contributed by atoms with Crippen molar-refractivity contribution in [2.24, 2.45) is 0 Å². The van der Waals surface area contributed by atoms with E-state index in [1.807, 2.05) is 38.6 Å². The standard InChI is InChI=1S/C26H27ClF2N4O3/c27-25-20(28)6-5-17(26(25)29)13-33-21-4-2-1-3-18(21)19-7-8-32(14-22(19)33)23(34)15-30-9-11-31(12-10-30)16-24(35)36/h1-6H,7-16H2,(H,35,36). The third kappa shape index (κ3) is 4.83. The van der Waals surface area contributed by atoms with Crippen molar-refractivity contribution < 1.29 is 23.5 Å². The first-order chi connectivity index (χ1) is 17.3. The van der Waals surface area contributed by atoms with Crippen LogP contribution >= 0.6 is 11.6 Å². The van der Waals surface area contributed by atoms with E-state index < -0.39 is 22.6 Å². The summed E-state index contributed by atoms with van der Waals surface area (Å²) < 4.78 is 30.5. The predicted octanol–water partition coefficient (Wildman–Crippen LogP) is 3.21. The highest BCUT2D eigenvalue weighted by atomic mass is 35.5. The number of aliphatic carboxylic acids is 1. The van der Waals surface area contributed by atoms with E-state index in [9.17, 15) is 18.4 Å². The van der Waals surface area contributed by atoms with Crippen LogP contribution in [0.4, 0.5) is 8.78 Å². The van der Waals surface area contributed by atoms with Crippen LogP contribution in [0.3, 0.4) is 0 Å². The number of nitrogens with zero attached hydrogens (tertiary/aromatic N) is 4. The second kappa shape index (κ2) is 10.2. The summed E-state index contributed by atoms with van der Waals surface area (Å²) in [6.07, 6.45) is 0.688. The summed E-state index contributed by atoms with van der Waals surface area (Å²) >= 11 is 5.83. The molecular weight excluding hydrogens is 490 g/mol. The lowest BCUT2D eigenvalue weighted by molar-refractivity contribution is -0.139. The Morgan fingerprint density at radius 1 is 0.944 bits per heavy atom. The van der Waals surface area contributed by atoms with Gasteiger partial charge in [0.25, 0.3) is 0 Å². The number of rotatable bonds is 6. The Labute approximate surface area is 212 Å². The summed E-state index contributed by atoms with van der Waals surface area (Å²) in [5, 5.41) is 9.53. The first kappa shape index (κ1) is 24.7. The van der Waals surface area contributed by atoms with Gasteiger partial charge < -0.3 is 14.6 Å². The zero-order valence-corrected chi connectivity index (χ0v) is 20.5. The Bertz CT molecular complexity index is 1320. The quantitative estimate of drug-likeness (QED) is 0.510. The van der Waals surface area contributed by atoms with Crippen LogP contribution in [0.25, 0.3) is 10.9 Å². The fraction of sp³-hybridized carbons (Fsp3) is 0.385. The van der Waals surface area contributed by atoms with E-state index >= 15 is 0 Å². The number of para-hydroxylation sites is 1. The Morgan fingerprint density at radius 3 is 2.36 bits per heavy atom. The summed E-state index contributed by atoms with van der Waals surface area (Å²) in [4.78, 5) is 29.9. The summed E-state index contributed by atoms with van der Waals surface area (Å²) in [7, 11) is 0. The molecule has 1 fully saturated rings. The van der Waals surface area contributed by atoms with Gasteiger partial charge in [-0.1, -0.05) is 35.9 Å². The van der Waals surface area contributed by atoms with Gasteiger partial charge in [-0.2, -0.15) is 0 Å². The Balaban J connectivity index is 1.35. The molecule has 0 unspecified atom stereocenters. The molecule has 0 spiro atoms.